The quantitative estimate of drug-likeness (QED) is 0.457. The van der Waals surface area contributed by atoms with Crippen molar-refractivity contribution in [3.05, 3.63) is 45.0 Å². The van der Waals surface area contributed by atoms with Gasteiger partial charge in [0, 0.05) is 6.54 Å². The molecular formula is C21H22ClN3O5S3. The van der Waals surface area contributed by atoms with Crippen molar-refractivity contribution in [3.63, 3.8) is 0 Å². The number of carbonyl (C=O) groups excluding carboxylic acids is 2. The van der Waals surface area contributed by atoms with Gasteiger partial charge in [-0.05, 0) is 49.1 Å². The number of benzene rings is 1. The summed E-state index contributed by atoms with van der Waals surface area (Å²) in [5, 5.41) is 0. The number of rotatable bonds is 6. The van der Waals surface area contributed by atoms with Crippen molar-refractivity contribution in [2.75, 3.05) is 13.7 Å². The van der Waals surface area contributed by atoms with Crippen molar-refractivity contribution < 1.29 is 22.7 Å². The van der Waals surface area contributed by atoms with Crippen LogP contribution in [-0.2, 0) is 37.3 Å². The van der Waals surface area contributed by atoms with Crippen molar-refractivity contribution >= 4 is 66.4 Å². The fourth-order valence-electron chi connectivity index (χ4n) is 3.76. The van der Waals surface area contributed by atoms with Crippen LogP contribution in [0.2, 0.25) is 4.34 Å². The molecule has 0 saturated carbocycles. The molecule has 1 amide bonds. The van der Waals surface area contributed by atoms with Crippen LogP contribution < -0.4 is 4.80 Å². The van der Waals surface area contributed by atoms with Gasteiger partial charge in [0.1, 0.15) is 16.8 Å². The lowest BCUT2D eigenvalue weighted by Gasteiger charge is -2.20. The number of hydrogen-bond acceptors (Lipinski definition) is 7. The Hall–Kier alpha value is -2.05. The largest absolute Gasteiger partial charge is 0.468 e. The van der Waals surface area contributed by atoms with Crippen LogP contribution in [0.3, 0.4) is 0 Å². The van der Waals surface area contributed by atoms with Crippen LogP contribution in [0.1, 0.15) is 25.3 Å². The van der Waals surface area contributed by atoms with Gasteiger partial charge in [-0.2, -0.15) is 9.30 Å². The maximum atomic E-state index is 13.2. The summed E-state index contributed by atoms with van der Waals surface area (Å²) >= 11 is 8.17. The van der Waals surface area contributed by atoms with Gasteiger partial charge in [0.25, 0.3) is 15.9 Å². The average Bonchev–Trinajstić information content (AvgIpc) is 3.53. The molecule has 3 heterocycles. The molecule has 1 unspecified atom stereocenters. The summed E-state index contributed by atoms with van der Waals surface area (Å²) in [6, 6.07) is 7.92. The number of carbonyl (C=O) groups is 2. The topological polar surface area (TPSA) is 98.0 Å². The molecule has 0 spiro atoms. The minimum absolute atomic E-state index is 0.0990. The van der Waals surface area contributed by atoms with Crippen molar-refractivity contribution in [2.45, 2.75) is 43.0 Å². The van der Waals surface area contributed by atoms with E-state index in [1.807, 2.05) is 25.1 Å². The number of thiazole rings is 1. The van der Waals surface area contributed by atoms with Crippen molar-refractivity contribution in [2.24, 2.45) is 4.99 Å². The lowest BCUT2D eigenvalue weighted by Crippen LogP contribution is -2.40. The van der Waals surface area contributed by atoms with Crippen molar-refractivity contribution in [1.82, 2.24) is 8.87 Å². The molecule has 1 aromatic carbocycles. The molecule has 1 aliphatic rings. The molecule has 12 heteroatoms. The second kappa shape index (κ2) is 9.67. The molecule has 2 aromatic heterocycles. The predicted molar refractivity (Wildman–Crippen MR) is 128 cm³/mol. The van der Waals surface area contributed by atoms with E-state index < -0.39 is 27.9 Å². The molecule has 3 aromatic rings. The number of methoxy groups -OCH3 is 1. The second-order valence-corrected chi connectivity index (χ2v) is 12.3. The highest BCUT2D eigenvalue weighted by Gasteiger charge is 2.40. The molecule has 1 fully saturated rings. The number of nitrogens with zero attached hydrogens (tertiary/aromatic N) is 3. The summed E-state index contributed by atoms with van der Waals surface area (Å²) < 4.78 is 35.2. The molecular weight excluding hydrogens is 506 g/mol. The highest BCUT2D eigenvalue weighted by Crippen LogP contribution is 2.32. The summed E-state index contributed by atoms with van der Waals surface area (Å²) in [5.41, 5.74) is 1.88. The Kier molecular flexibility index (Phi) is 7.06. The number of amides is 1. The third-order valence-corrected chi connectivity index (χ3v) is 10.1. The van der Waals surface area contributed by atoms with Crippen LogP contribution in [-0.4, -0.2) is 48.9 Å². The van der Waals surface area contributed by atoms with E-state index in [0.717, 1.165) is 33.5 Å². The van der Waals surface area contributed by atoms with E-state index >= 15 is 0 Å². The molecule has 1 atom stereocenters. The molecule has 1 aliphatic heterocycles. The molecule has 0 N–H and O–H groups in total. The highest BCUT2D eigenvalue weighted by atomic mass is 35.5. The summed E-state index contributed by atoms with van der Waals surface area (Å²) in [6.07, 6.45) is 1.78. The van der Waals surface area contributed by atoms with Crippen LogP contribution in [0.15, 0.2) is 39.5 Å². The maximum Gasteiger partial charge on any atom is 0.325 e. The fraction of sp³-hybridized carbons (Fsp3) is 0.381. The Morgan fingerprint density at radius 1 is 1.24 bits per heavy atom. The molecule has 8 nitrogen and oxygen atoms in total. The number of esters is 1. The highest BCUT2D eigenvalue weighted by molar-refractivity contribution is 7.91. The Bertz CT molecular complexity index is 1390. The van der Waals surface area contributed by atoms with Gasteiger partial charge >= 0.3 is 5.97 Å². The first kappa shape index (κ1) is 24.1. The van der Waals surface area contributed by atoms with Crippen LogP contribution in [0.5, 0.6) is 0 Å². The molecule has 0 bridgehead atoms. The van der Waals surface area contributed by atoms with E-state index in [2.05, 4.69) is 4.99 Å². The van der Waals surface area contributed by atoms with Gasteiger partial charge in [0.2, 0.25) is 0 Å². The summed E-state index contributed by atoms with van der Waals surface area (Å²) in [5.74, 6) is -1.03. The molecule has 1 saturated heterocycles. The molecule has 0 radical (unpaired) electrons. The van der Waals surface area contributed by atoms with Crippen LogP contribution in [0.4, 0.5) is 0 Å². The normalized spacial score (nSPS) is 17.7. The van der Waals surface area contributed by atoms with Gasteiger partial charge in [-0.25, -0.2) is 8.42 Å². The third kappa shape index (κ3) is 4.78. The lowest BCUT2D eigenvalue weighted by molar-refractivity contribution is -0.141. The molecule has 176 valence electrons. The standard InChI is InChI=1S/C21H22ClN3O5S3/c1-3-13-6-7-14-16(11-13)31-21(24(14)12-18(26)30-2)23-20(27)15-5-4-10-25(15)33(28,29)19-9-8-17(22)32-19/h6-9,11,15H,3-5,10,12H2,1-2H3. The first-order chi connectivity index (χ1) is 15.7. The number of thiophene rings is 1. The minimum atomic E-state index is -3.86. The van der Waals surface area contributed by atoms with E-state index in [-0.39, 0.29) is 17.3 Å². The third-order valence-electron chi connectivity index (χ3n) is 5.48. The van der Waals surface area contributed by atoms with Gasteiger partial charge in [-0.1, -0.05) is 35.9 Å². The van der Waals surface area contributed by atoms with Crippen LogP contribution in [0.25, 0.3) is 10.2 Å². The first-order valence-electron chi connectivity index (χ1n) is 10.3. The van der Waals surface area contributed by atoms with E-state index in [4.69, 9.17) is 16.3 Å². The summed E-state index contributed by atoms with van der Waals surface area (Å²) in [7, 11) is -2.56. The van der Waals surface area contributed by atoms with Gasteiger partial charge in [-0.3, -0.25) is 9.59 Å². The predicted octanol–water partition coefficient (Wildman–Crippen LogP) is 3.43. The van der Waals surface area contributed by atoms with E-state index in [9.17, 15) is 18.0 Å². The zero-order valence-corrected chi connectivity index (χ0v) is 21.2. The summed E-state index contributed by atoms with van der Waals surface area (Å²) in [4.78, 5) is 29.8. The Balaban J connectivity index is 1.74. The molecule has 33 heavy (non-hydrogen) atoms. The summed E-state index contributed by atoms with van der Waals surface area (Å²) in [6.45, 7) is 2.18. The van der Waals surface area contributed by atoms with Gasteiger partial charge in [-0.15, -0.1) is 11.3 Å². The monoisotopic (exact) mass is 527 g/mol. The zero-order valence-electron chi connectivity index (χ0n) is 18.0. The van der Waals surface area contributed by atoms with Crippen LogP contribution in [0, 0.1) is 0 Å². The zero-order chi connectivity index (χ0) is 23.8. The number of hydrogen-bond donors (Lipinski definition) is 0. The number of sulfonamides is 1. The number of aromatic nitrogens is 1. The van der Waals surface area contributed by atoms with E-state index in [1.165, 1.54) is 34.9 Å². The Morgan fingerprint density at radius 2 is 2.03 bits per heavy atom. The molecule has 0 aliphatic carbocycles. The second-order valence-electron chi connectivity index (χ2n) is 7.48. The number of halogens is 1. The Labute approximate surface area is 204 Å². The maximum absolute atomic E-state index is 13.2. The van der Waals surface area contributed by atoms with Gasteiger partial charge < -0.3 is 9.30 Å². The van der Waals surface area contributed by atoms with Crippen molar-refractivity contribution in [3.8, 4) is 0 Å². The first-order valence-corrected chi connectivity index (χ1v) is 13.7. The van der Waals surface area contributed by atoms with Gasteiger partial charge in [0.05, 0.1) is 21.7 Å². The molecule has 4 rings (SSSR count). The fourth-order valence-corrected chi connectivity index (χ4v) is 8.13. The number of aryl methyl sites for hydroxylation is 1. The SMILES string of the molecule is CCc1ccc2c(c1)sc(=NC(=O)C1CCCN1S(=O)(=O)c1ccc(Cl)s1)n2CC(=O)OC. The number of ether oxygens (including phenoxy) is 1. The van der Waals surface area contributed by atoms with Crippen molar-refractivity contribution in [1.29, 1.82) is 0 Å². The smallest absolute Gasteiger partial charge is 0.325 e. The van der Waals surface area contributed by atoms with E-state index in [1.54, 1.807) is 4.57 Å². The minimum Gasteiger partial charge on any atom is -0.468 e. The Morgan fingerprint density at radius 3 is 2.70 bits per heavy atom. The van der Waals surface area contributed by atoms with Gasteiger partial charge in [0.15, 0.2) is 4.80 Å². The lowest BCUT2D eigenvalue weighted by atomic mass is 10.2. The van der Waals surface area contributed by atoms with Crippen LogP contribution >= 0.6 is 34.3 Å². The van der Waals surface area contributed by atoms with E-state index in [0.29, 0.717) is 22.0 Å². The number of fused-ring (bicyclic) bond motifs is 1. The average molecular weight is 528 g/mol.